The van der Waals surface area contributed by atoms with Crippen LogP contribution in [0.25, 0.3) is 0 Å². The molecule has 0 radical (unpaired) electrons. The van der Waals surface area contributed by atoms with Crippen molar-refractivity contribution < 1.29 is 4.74 Å². The molecule has 14 heavy (non-hydrogen) atoms. The topological polar surface area (TPSA) is 9.23 Å². The first-order valence-electron chi connectivity index (χ1n) is 4.61. The summed E-state index contributed by atoms with van der Waals surface area (Å²) in [5.41, 5.74) is 1.00. The summed E-state index contributed by atoms with van der Waals surface area (Å²) in [7, 11) is 0. The summed E-state index contributed by atoms with van der Waals surface area (Å²) in [5.74, 6) is 6.08. The molecule has 0 bridgehead atoms. The lowest BCUT2D eigenvalue weighted by atomic mass is 10.2. The normalized spacial score (nSPS) is 11.6. The quantitative estimate of drug-likeness (QED) is 0.548. The number of hydrogen-bond acceptors (Lipinski definition) is 1. The zero-order valence-corrected chi connectivity index (χ0v) is 8.92. The number of alkyl halides is 1. The molecule has 0 spiro atoms. The Bertz CT molecular complexity index is 310. The Morgan fingerprint density at radius 2 is 2.07 bits per heavy atom. The van der Waals surface area contributed by atoms with Crippen molar-refractivity contribution >= 4 is 11.6 Å². The van der Waals surface area contributed by atoms with Crippen LogP contribution in [0.5, 0.6) is 0 Å². The van der Waals surface area contributed by atoms with Crippen LogP contribution in [-0.2, 0) is 4.74 Å². The van der Waals surface area contributed by atoms with Crippen molar-refractivity contribution in [2.24, 2.45) is 0 Å². The number of rotatable bonds is 3. The van der Waals surface area contributed by atoms with Gasteiger partial charge in [0.1, 0.15) is 12.2 Å². The minimum atomic E-state index is -0.0623. The van der Waals surface area contributed by atoms with Gasteiger partial charge in [-0.15, -0.1) is 0 Å². The van der Waals surface area contributed by atoms with Gasteiger partial charge in [-0.1, -0.05) is 48.6 Å². The van der Waals surface area contributed by atoms with E-state index in [0.717, 1.165) is 12.0 Å². The first-order chi connectivity index (χ1) is 6.86. The number of benzene rings is 1. The van der Waals surface area contributed by atoms with Crippen LogP contribution >= 0.6 is 11.6 Å². The minimum absolute atomic E-state index is 0.0623. The fourth-order valence-corrected chi connectivity index (χ4v) is 1.18. The van der Waals surface area contributed by atoms with E-state index < -0.39 is 0 Å². The smallest absolute Gasteiger partial charge is 0.122 e. The zero-order valence-electron chi connectivity index (χ0n) is 8.16. The molecule has 0 saturated carbocycles. The second-order valence-corrected chi connectivity index (χ2v) is 3.03. The van der Waals surface area contributed by atoms with E-state index in [0.29, 0.717) is 0 Å². The summed E-state index contributed by atoms with van der Waals surface area (Å²) in [4.78, 5) is 0. The van der Waals surface area contributed by atoms with Crippen molar-refractivity contribution in [1.29, 1.82) is 0 Å². The van der Waals surface area contributed by atoms with Crippen LogP contribution in [0.15, 0.2) is 30.3 Å². The maximum Gasteiger partial charge on any atom is 0.122 e. The van der Waals surface area contributed by atoms with Crippen molar-refractivity contribution in [2.45, 2.75) is 19.4 Å². The molecule has 0 N–H and O–H groups in total. The molecule has 1 nitrogen and oxygen atoms in total. The Morgan fingerprint density at radius 3 is 2.64 bits per heavy atom. The van der Waals surface area contributed by atoms with E-state index in [1.807, 2.05) is 37.3 Å². The Hall–Kier alpha value is -0.970. The predicted octanol–water partition coefficient (Wildman–Crippen LogP) is 3.03. The average Bonchev–Trinajstić information content (AvgIpc) is 2.25. The molecule has 1 rings (SSSR count). The van der Waals surface area contributed by atoms with Crippen molar-refractivity contribution in [2.75, 3.05) is 6.07 Å². The van der Waals surface area contributed by atoms with Crippen LogP contribution in [0, 0.1) is 11.8 Å². The third kappa shape index (κ3) is 3.83. The third-order valence-corrected chi connectivity index (χ3v) is 1.91. The van der Waals surface area contributed by atoms with E-state index in [4.69, 9.17) is 16.3 Å². The second-order valence-electron chi connectivity index (χ2n) is 2.81. The Balaban J connectivity index is 2.61. The second kappa shape index (κ2) is 6.48. The van der Waals surface area contributed by atoms with E-state index in [9.17, 15) is 0 Å². The minimum Gasteiger partial charge on any atom is -0.350 e. The maximum atomic E-state index is 5.47. The zero-order chi connectivity index (χ0) is 10.2. The highest BCUT2D eigenvalue weighted by molar-refractivity contribution is 6.17. The van der Waals surface area contributed by atoms with Gasteiger partial charge in [0.15, 0.2) is 0 Å². The molecule has 0 fully saturated rings. The van der Waals surface area contributed by atoms with Gasteiger partial charge < -0.3 is 4.74 Å². The molecule has 1 aromatic rings. The lowest BCUT2D eigenvalue weighted by molar-refractivity contribution is 0.128. The van der Waals surface area contributed by atoms with Crippen molar-refractivity contribution in [3.8, 4) is 11.8 Å². The van der Waals surface area contributed by atoms with E-state index in [2.05, 4.69) is 11.8 Å². The van der Waals surface area contributed by atoms with Gasteiger partial charge in [-0.05, 0) is 18.6 Å². The standard InChI is InChI=1S/C12H13ClO/c1-2-12(14-10-13)9-8-11-6-4-3-5-7-11/h3-7,12H,2,10H2,1H3. The van der Waals surface area contributed by atoms with Crippen molar-refractivity contribution in [3.63, 3.8) is 0 Å². The highest BCUT2D eigenvalue weighted by Crippen LogP contribution is 1.99. The molecule has 0 heterocycles. The van der Waals surface area contributed by atoms with Crippen LogP contribution in [-0.4, -0.2) is 12.2 Å². The lowest BCUT2D eigenvalue weighted by Gasteiger charge is -2.04. The van der Waals surface area contributed by atoms with E-state index in [1.165, 1.54) is 0 Å². The number of hydrogen-bond donors (Lipinski definition) is 0. The highest BCUT2D eigenvalue weighted by atomic mass is 35.5. The van der Waals surface area contributed by atoms with Gasteiger partial charge in [0.05, 0.1) is 0 Å². The van der Waals surface area contributed by atoms with E-state index >= 15 is 0 Å². The van der Waals surface area contributed by atoms with Crippen molar-refractivity contribution in [1.82, 2.24) is 0 Å². The third-order valence-electron chi connectivity index (χ3n) is 1.79. The fourth-order valence-electron chi connectivity index (χ4n) is 1.02. The molecule has 0 aromatic heterocycles. The molecule has 2 heteroatoms. The van der Waals surface area contributed by atoms with Crippen LogP contribution in [0.2, 0.25) is 0 Å². The summed E-state index contributed by atoms with van der Waals surface area (Å²) >= 11 is 5.47. The summed E-state index contributed by atoms with van der Waals surface area (Å²) in [6, 6.07) is 10.0. The molecular weight excluding hydrogens is 196 g/mol. The van der Waals surface area contributed by atoms with Gasteiger partial charge in [-0.2, -0.15) is 0 Å². The molecule has 0 aliphatic rings. The maximum absolute atomic E-state index is 5.47. The van der Waals surface area contributed by atoms with Gasteiger partial charge in [-0.3, -0.25) is 0 Å². The average molecular weight is 209 g/mol. The summed E-state index contributed by atoms with van der Waals surface area (Å²) in [6.07, 6.45) is 0.791. The summed E-state index contributed by atoms with van der Waals surface area (Å²) in [5, 5.41) is 0. The first kappa shape index (κ1) is 11.1. The fraction of sp³-hybridized carbons (Fsp3) is 0.333. The van der Waals surface area contributed by atoms with Gasteiger partial charge >= 0.3 is 0 Å². The molecule has 74 valence electrons. The van der Waals surface area contributed by atoms with Gasteiger partial charge in [0.2, 0.25) is 0 Å². The summed E-state index contributed by atoms with van der Waals surface area (Å²) < 4.78 is 5.20. The van der Waals surface area contributed by atoms with Crippen LogP contribution in [0.4, 0.5) is 0 Å². The lowest BCUT2D eigenvalue weighted by Crippen LogP contribution is -2.07. The van der Waals surface area contributed by atoms with Crippen LogP contribution < -0.4 is 0 Å². The molecular formula is C12H13ClO. The Labute approximate surface area is 90.0 Å². The SMILES string of the molecule is CCC(C#Cc1ccccc1)OCCl. The predicted molar refractivity (Wildman–Crippen MR) is 59.2 cm³/mol. The summed E-state index contributed by atoms with van der Waals surface area (Å²) in [6.45, 7) is 2.02. The van der Waals surface area contributed by atoms with Crippen LogP contribution in [0.1, 0.15) is 18.9 Å². The Morgan fingerprint density at radius 1 is 1.36 bits per heavy atom. The number of halogens is 1. The van der Waals surface area contributed by atoms with Crippen molar-refractivity contribution in [3.05, 3.63) is 35.9 Å². The van der Waals surface area contributed by atoms with E-state index in [1.54, 1.807) is 0 Å². The van der Waals surface area contributed by atoms with E-state index in [-0.39, 0.29) is 12.2 Å². The molecule has 0 aliphatic heterocycles. The molecule has 1 atom stereocenters. The molecule has 0 aliphatic carbocycles. The Kier molecular flexibility index (Phi) is 5.14. The molecule has 1 unspecified atom stereocenters. The van der Waals surface area contributed by atoms with Gasteiger partial charge in [0, 0.05) is 5.56 Å². The van der Waals surface area contributed by atoms with Crippen LogP contribution in [0.3, 0.4) is 0 Å². The molecule has 0 amide bonds. The largest absolute Gasteiger partial charge is 0.350 e. The molecule has 0 saturated heterocycles. The number of ether oxygens (including phenoxy) is 1. The van der Waals surface area contributed by atoms with Gasteiger partial charge in [-0.25, -0.2) is 0 Å². The molecule has 1 aromatic carbocycles. The monoisotopic (exact) mass is 208 g/mol. The van der Waals surface area contributed by atoms with Gasteiger partial charge in [0.25, 0.3) is 0 Å². The first-order valence-corrected chi connectivity index (χ1v) is 5.14. The highest BCUT2D eigenvalue weighted by Gasteiger charge is 1.99.